The molecule has 3 heterocycles. The Morgan fingerprint density at radius 1 is 0.458 bits per heavy atom. The molecule has 8 aromatic carbocycles. The second-order valence-corrected chi connectivity index (χ2v) is 22.0. The molecule has 0 saturated heterocycles. The molecule has 0 aliphatic carbocycles. The van der Waals surface area contributed by atoms with Crippen molar-refractivity contribution in [1.29, 1.82) is 0 Å². The van der Waals surface area contributed by atoms with Gasteiger partial charge in [0.1, 0.15) is 11.6 Å². The van der Waals surface area contributed by atoms with E-state index in [9.17, 15) is 5.11 Å². The second kappa shape index (κ2) is 18.4. The summed E-state index contributed by atoms with van der Waals surface area (Å²) in [5, 5.41) is 14.9. The Kier molecular flexibility index (Phi) is 12.3. The Labute approximate surface area is 438 Å². The average molecular weight is 1120 g/mol. The van der Waals surface area contributed by atoms with Gasteiger partial charge in [0.2, 0.25) is 0 Å². The van der Waals surface area contributed by atoms with Gasteiger partial charge in [0.05, 0.1) is 33.3 Å². The van der Waals surface area contributed by atoms with Crippen LogP contribution in [0.2, 0.25) is 0 Å². The molecule has 11 aromatic rings. The third-order valence-electron chi connectivity index (χ3n) is 14.0. The van der Waals surface area contributed by atoms with Gasteiger partial charge < -0.3 is 9.67 Å². The number of aromatic hydroxyl groups is 1. The number of hydrogen-bond acceptors (Lipinski definition) is 3. The van der Waals surface area contributed by atoms with Gasteiger partial charge in [-0.1, -0.05) is 200 Å². The molecule has 0 aliphatic heterocycles. The normalized spacial score (nSPS) is 12.2. The molecule has 0 fully saturated rings. The minimum Gasteiger partial charge on any atom is -0.507 e. The van der Waals surface area contributed by atoms with Crippen LogP contribution in [0.1, 0.15) is 79.0 Å². The first-order chi connectivity index (χ1) is 34.0. The van der Waals surface area contributed by atoms with Crippen molar-refractivity contribution in [2.45, 2.75) is 78.6 Å². The van der Waals surface area contributed by atoms with Crippen LogP contribution in [0.4, 0.5) is 0 Å². The van der Waals surface area contributed by atoms with Crippen molar-refractivity contribution in [3.63, 3.8) is 0 Å². The molecule has 3 aromatic heterocycles. The summed E-state index contributed by atoms with van der Waals surface area (Å²) < 4.78 is 4.61. The first-order valence-corrected chi connectivity index (χ1v) is 24.7. The van der Waals surface area contributed by atoms with Crippen LogP contribution < -0.4 is 0 Å². The summed E-state index contributed by atoms with van der Waals surface area (Å²) in [6, 6.07) is 68.4. The van der Waals surface area contributed by atoms with Crippen molar-refractivity contribution in [3.05, 3.63) is 211 Å². The fourth-order valence-electron chi connectivity index (χ4n) is 10.1. The summed E-state index contributed by atoms with van der Waals surface area (Å²) in [5.74, 6) is 0.910. The SMILES string of the molecule is CC(C)(C)c1ccc(-n2c(-c3cc(C(C)(C)C)cc(C(C)(C)C)c3O)nc3c(-c4[c-]c(-c5cc6c(cn5)c5ccccc5n6-c5ccccc5)cc(-c5ccccc5)c4)cccc32)c(-c2ccccc2)c1.[Pt]. The topological polar surface area (TPSA) is 55.9 Å². The zero-order valence-electron chi connectivity index (χ0n) is 42.5. The second-order valence-electron chi connectivity index (χ2n) is 22.0. The number of fused-ring (bicyclic) bond motifs is 4. The summed E-state index contributed by atoms with van der Waals surface area (Å²) in [5.41, 5.74) is 17.1. The number of aromatic nitrogens is 4. The zero-order valence-corrected chi connectivity index (χ0v) is 44.7. The molecular weight excluding hydrogens is 1060 g/mol. The van der Waals surface area contributed by atoms with Gasteiger partial charge >= 0.3 is 0 Å². The predicted molar refractivity (Wildman–Crippen MR) is 297 cm³/mol. The molecule has 360 valence electrons. The molecule has 11 rings (SSSR count). The molecule has 5 nitrogen and oxygen atoms in total. The van der Waals surface area contributed by atoms with Crippen LogP contribution in [0.3, 0.4) is 0 Å². The number of phenols is 1. The Morgan fingerprint density at radius 2 is 1.07 bits per heavy atom. The van der Waals surface area contributed by atoms with E-state index in [4.69, 9.17) is 9.97 Å². The smallest absolute Gasteiger partial charge is 0.148 e. The number of hydrogen-bond donors (Lipinski definition) is 1. The number of pyridine rings is 1. The summed E-state index contributed by atoms with van der Waals surface area (Å²) in [7, 11) is 0. The molecule has 1 N–H and O–H groups in total. The maximum Gasteiger partial charge on any atom is 0.148 e. The van der Waals surface area contributed by atoms with Gasteiger partial charge in [0, 0.05) is 60.5 Å². The first-order valence-electron chi connectivity index (χ1n) is 24.7. The third kappa shape index (κ3) is 8.68. The molecule has 0 unspecified atom stereocenters. The molecule has 0 spiro atoms. The third-order valence-corrected chi connectivity index (χ3v) is 14.0. The van der Waals surface area contributed by atoms with Crippen molar-refractivity contribution in [3.8, 4) is 73.2 Å². The van der Waals surface area contributed by atoms with Crippen molar-refractivity contribution in [2.75, 3.05) is 0 Å². The summed E-state index contributed by atoms with van der Waals surface area (Å²) in [4.78, 5) is 10.9. The van der Waals surface area contributed by atoms with E-state index in [1.807, 2.05) is 6.20 Å². The number of para-hydroxylation sites is 3. The van der Waals surface area contributed by atoms with E-state index in [-0.39, 0.29) is 43.1 Å². The van der Waals surface area contributed by atoms with E-state index in [0.29, 0.717) is 11.4 Å². The quantitative estimate of drug-likeness (QED) is 0.162. The van der Waals surface area contributed by atoms with Crippen molar-refractivity contribution in [1.82, 2.24) is 19.1 Å². The van der Waals surface area contributed by atoms with Crippen molar-refractivity contribution in [2.24, 2.45) is 0 Å². The van der Waals surface area contributed by atoms with Crippen LogP contribution in [0.15, 0.2) is 188 Å². The van der Waals surface area contributed by atoms with E-state index in [0.717, 1.165) is 100.0 Å². The standard InChI is InChI=1S/C66H59N4O.Pt/c1-64(2,3)47-32-33-58(52(37-47)43-24-15-11-16-25-43)70-59-31-21-29-50(61(59)68-63(70)53-38-48(65(4,5)6)39-55(62(53)71)66(7,8)9)45-34-44(42-22-13-10-14-23-42)35-46(36-45)56-40-60-54(41-67-56)51-28-19-20-30-57(51)69(60)49-26-17-12-18-27-49;/h10-35,37-41,71H,1-9H3;/q-1;. The molecule has 0 saturated carbocycles. The molecule has 0 amide bonds. The van der Waals surface area contributed by atoms with E-state index in [1.165, 1.54) is 5.56 Å². The predicted octanol–water partition coefficient (Wildman–Crippen LogP) is 17.2. The van der Waals surface area contributed by atoms with Gasteiger partial charge in [-0.05, 0) is 87.0 Å². The molecule has 0 bridgehead atoms. The van der Waals surface area contributed by atoms with Crippen molar-refractivity contribution >= 4 is 32.8 Å². The average Bonchev–Trinajstić information content (AvgIpc) is 3.92. The number of nitrogens with zero attached hydrogens (tertiary/aromatic N) is 4. The van der Waals surface area contributed by atoms with Crippen LogP contribution in [0, 0.1) is 6.07 Å². The van der Waals surface area contributed by atoms with Gasteiger partial charge in [0.15, 0.2) is 0 Å². The fraction of sp³-hybridized carbons (Fsp3) is 0.182. The zero-order chi connectivity index (χ0) is 49.4. The van der Waals surface area contributed by atoms with Gasteiger partial charge in [-0.2, -0.15) is 0 Å². The van der Waals surface area contributed by atoms with Crippen LogP contribution in [-0.2, 0) is 37.3 Å². The van der Waals surface area contributed by atoms with Crippen LogP contribution >= 0.6 is 0 Å². The minimum absolute atomic E-state index is 0. The monoisotopic (exact) mass is 1120 g/mol. The summed E-state index contributed by atoms with van der Waals surface area (Å²) in [6.07, 6.45) is 2.02. The molecule has 0 aliphatic rings. The van der Waals surface area contributed by atoms with Crippen LogP contribution in [-0.4, -0.2) is 24.2 Å². The molecule has 0 atom stereocenters. The minimum atomic E-state index is -0.346. The Hall–Kier alpha value is -7.33. The van der Waals surface area contributed by atoms with Crippen LogP contribution in [0.5, 0.6) is 5.75 Å². The molecule has 6 heteroatoms. The van der Waals surface area contributed by atoms with Gasteiger partial charge in [0.25, 0.3) is 0 Å². The van der Waals surface area contributed by atoms with E-state index in [2.05, 4.69) is 260 Å². The number of imidazole rings is 1. The van der Waals surface area contributed by atoms with Gasteiger partial charge in [-0.15, -0.1) is 23.8 Å². The first kappa shape index (κ1) is 48.3. The van der Waals surface area contributed by atoms with Gasteiger partial charge in [-0.3, -0.25) is 9.55 Å². The van der Waals surface area contributed by atoms with Crippen molar-refractivity contribution < 1.29 is 26.2 Å². The number of phenolic OH excluding ortho intramolecular Hbond substituents is 1. The number of rotatable bonds is 7. The number of benzene rings is 8. The summed E-state index contributed by atoms with van der Waals surface area (Å²) >= 11 is 0. The Balaban J connectivity index is 0.00000596. The summed E-state index contributed by atoms with van der Waals surface area (Å²) in [6.45, 7) is 20.0. The molecule has 0 radical (unpaired) electrons. The van der Waals surface area contributed by atoms with E-state index >= 15 is 0 Å². The largest absolute Gasteiger partial charge is 0.507 e. The Morgan fingerprint density at radius 3 is 1.75 bits per heavy atom. The van der Waals surface area contributed by atoms with E-state index in [1.54, 1.807) is 0 Å². The van der Waals surface area contributed by atoms with Crippen LogP contribution in [0.25, 0.3) is 100 Å². The Bertz CT molecular complexity index is 3810. The van der Waals surface area contributed by atoms with E-state index < -0.39 is 0 Å². The maximum atomic E-state index is 12.7. The maximum absolute atomic E-state index is 12.7. The molecule has 72 heavy (non-hydrogen) atoms. The molecular formula is C66H59N4OPt-. The fourth-order valence-corrected chi connectivity index (χ4v) is 10.1. The van der Waals surface area contributed by atoms with Gasteiger partial charge in [-0.25, -0.2) is 4.98 Å².